The van der Waals surface area contributed by atoms with Gasteiger partial charge in [-0.3, -0.25) is 9.36 Å². The second-order valence-electron chi connectivity index (χ2n) is 8.22. The van der Waals surface area contributed by atoms with Crippen molar-refractivity contribution in [3.63, 3.8) is 0 Å². The van der Waals surface area contributed by atoms with E-state index in [1.165, 1.54) is 12.8 Å². The second-order valence-corrected chi connectivity index (χ2v) is 8.22. The van der Waals surface area contributed by atoms with Crippen molar-refractivity contribution in [1.29, 1.82) is 0 Å². The second kappa shape index (κ2) is 7.12. The van der Waals surface area contributed by atoms with Crippen molar-refractivity contribution in [2.45, 2.75) is 59.4 Å². The Hall–Kier alpha value is -2.56. The van der Waals surface area contributed by atoms with Gasteiger partial charge in [-0.1, -0.05) is 20.8 Å². The van der Waals surface area contributed by atoms with Gasteiger partial charge >= 0.3 is 0 Å². The molecular weight excluding hydrogens is 350 g/mol. The molecule has 4 rings (SSSR count). The third-order valence-electron chi connectivity index (χ3n) is 5.78. The average molecular weight is 380 g/mol. The average Bonchev–Trinajstić information content (AvgIpc) is 3.44. The van der Waals surface area contributed by atoms with E-state index < -0.39 is 0 Å². The molecule has 0 aliphatic heterocycles. The van der Waals surface area contributed by atoms with Crippen LogP contribution >= 0.6 is 0 Å². The highest BCUT2D eigenvalue weighted by atomic mass is 16.5. The van der Waals surface area contributed by atoms with Crippen LogP contribution in [0.5, 0.6) is 5.75 Å². The van der Waals surface area contributed by atoms with E-state index in [9.17, 15) is 4.79 Å². The van der Waals surface area contributed by atoms with Crippen molar-refractivity contribution in [2.75, 3.05) is 7.11 Å². The first-order valence-corrected chi connectivity index (χ1v) is 10.2. The Balaban J connectivity index is 2.03. The molecule has 1 saturated carbocycles. The number of hydrogen-bond donors (Lipinski definition) is 0. The number of ether oxygens (including phenoxy) is 1. The Morgan fingerprint density at radius 1 is 1.25 bits per heavy atom. The number of fused-ring (bicyclic) bond motifs is 1. The van der Waals surface area contributed by atoms with Crippen LogP contribution in [-0.2, 0) is 13.0 Å². The first kappa shape index (κ1) is 18.8. The molecule has 3 aromatic rings. The zero-order valence-electron chi connectivity index (χ0n) is 17.5. The topological polar surface area (TPSA) is 48.5 Å². The van der Waals surface area contributed by atoms with E-state index in [1.54, 1.807) is 7.11 Å². The van der Waals surface area contributed by atoms with Crippen LogP contribution in [0, 0.1) is 12.8 Å². The Kier molecular flexibility index (Phi) is 4.77. The lowest BCUT2D eigenvalue weighted by Gasteiger charge is -2.17. The highest BCUT2D eigenvalue weighted by molar-refractivity contribution is 5.65. The molecule has 0 unspecified atom stereocenters. The zero-order valence-corrected chi connectivity index (χ0v) is 17.5. The lowest BCUT2D eigenvalue weighted by atomic mass is 10.0. The summed E-state index contributed by atoms with van der Waals surface area (Å²) < 4.78 is 9.16. The van der Waals surface area contributed by atoms with Gasteiger partial charge in [-0.05, 0) is 73.4 Å². The molecule has 5 heteroatoms. The molecule has 0 atom stereocenters. The minimum absolute atomic E-state index is 0.0755. The molecule has 1 aliphatic carbocycles. The predicted octanol–water partition coefficient (Wildman–Crippen LogP) is 4.58. The highest BCUT2D eigenvalue weighted by Crippen LogP contribution is 2.33. The summed E-state index contributed by atoms with van der Waals surface area (Å²) in [7, 11) is 1.68. The third-order valence-corrected chi connectivity index (χ3v) is 5.78. The zero-order chi connectivity index (χ0) is 20.0. The van der Waals surface area contributed by atoms with Crippen LogP contribution in [0.4, 0.5) is 0 Å². The lowest BCUT2D eigenvalue weighted by molar-refractivity contribution is 0.414. The Morgan fingerprint density at radius 3 is 2.61 bits per heavy atom. The summed E-state index contributed by atoms with van der Waals surface area (Å²) in [5.41, 5.74) is 5.04. The van der Waals surface area contributed by atoms with Crippen molar-refractivity contribution < 1.29 is 4.74 Å². The van der Waals surface area contributed by atoms with E-state index in [1.807, 2.05) is 28.1 Å². The van der Waals surface area contributed by atoms with Crippen LogP contribution in [0.15, 0.2) is 29.1 Å². The number of aryl methyl sites for hydroxylation is 2. The van der Waals surface area contributed by atoms with E-state index >= 15 is 0 Å². The number of aromatic nitrogens is 3. The molecule has 0 radical (unpaired) electrons. The fourth-order valence-electron chi connectivity index (χ4n) is 3.94. The Labute approximate surface area is 166 Å². The van der Waals surface area contributed by atoms with Gasteiger partial charge in [0.1, 0.15) is 11.3 Å². The number of hydrogen-bond acceptors (Lipinski definition) is 3. The van der Waals surface area contributed by atoms with Gasteiger partial charge in [-0.15, -0.1) is 5.10 Å². The molecule has 0 saturated heterocycles. The molecule has 0 amide bonds. The molecular formula is C23H29N3O2. The molecule has 28 heavy (non-hydrogen) atoms. The van der Waals surface area contributed by atoms with Gasteiger partial charge in [0.25, 0.3) is 5.56 Å². The van der Waals surface area contributed by atoms with Crippen molar-refractivity contribution in [3.8, 4) is 17.1 Å². The van der Waals surface area contributed by atoms with Gasteiger partial charge in [0.15, 0.2) is 5.82 Å². The largest absolute Gasteiger partial charge is 0.497 e. The summed E-state index contributed by atoms with van der Waals surface area (Å²) in [6.45, 7) is 9.15. The van der Waals surface area contributed by atoms with Crippen LogP contribution in [-0.4, -0.2) is 21.3 Å². The first-order chi connectivity index (χ1) is 13.4. The molecule has 148 valence electrons. The summed E-state index contributed by atoms with van der Waals surface area (Å²) in [6.07, 6.45) is 3.24. The maximum atomic E-state index is 13.6. The lowest BCUT2D eigenvalue weighted by Crippen LogP contribution is -2.27. The molecule has 1 aromatic carbocycles. The molecule has 0 N–H and O–H groups in total. The number of benzene rings is 1. The first-order valence-electron chi connectivity index (χ1n) is 10.2. The van der Waals surface area contributed by atoms with Gasteiger partial charge < -0.3 is 4.74 Å². The molecule has 0 bridgehead atoms. The van der Waals surface area contributed by atoms with E-state index in [0.717, 1.165) is 52.4 Å². The molecule has 1 fully saturated rings. The SMILES string of the molecule is CCc1cc(OC)ccc1-c1nn2c(C)cc(C(C)C)c2c(=O)n1CC1CC1. The van der Waals surface area contributed by atoms with E-state index in [2.05, 4.69) is 32.9 Å². The van der Waals surface area contributed by atoms with Crippen molar-refractivity contribution in [2.24, 2.45) is 5.92 Å². The summed E-state index contributed by atoms with van der Waals surface area (Å²) in [5, 5.41) is 4.99. The minimum atomic E-state index is 0.0755. The fourth-order valence-corrected chi connectivity index (χ4v) is 3.94. The summed E-state index contributed by atoms with van der Waals surface area (Å²) >= 11 is 0. The van der Waals surface area contributed by atoms with Gasteiger partial charge in [-0.25, -0.2) is 4.52 Å². The molecule has 5 nitrogen and oxygen atoms in total. The van der Waals surface area contributed by atoms with Crippen LogP contribution in [0.25, 0.3) is 16.9 Å². The maximum Gasteiger partial charge on any atom is 0.278 e. The van der Waals surface area contributed by atoms with Gasteiger partial charge in [0.05, 0.1) is 7.11 Å². The van der Waals surface area contributed by atoms with E-state index in [4.69, 9.17) is 9.84 Å². The van der Waals surface area contributed by atoms with E-state index in [0.29, 0.717) is 5.92 Å². The van der Waals surface area contributed by atoms with Gasteiger partial charge in [0.2, 0.25) is 0 Å². The summed E-state index contributed by atoms with van der Waals surface area (Å²) in [4.78, 5) is 13.6. The smallest absolute Gasteiger partial charge is 0.278 e. The quantitative estimate of drug-likeness (QED) is 0.630. The standard InChI is InChI=1S/C23H29N3O2/c1-6-17-12-18(28-5)9-10-19(17)22-24-26-15(4)11-20(14(2)3)21(26)23(27)25(22)13-16-7-8-16/h9-12,14,16H,6-8,13H2,1-5H3. The third kappa shape index (κ3) is 3.13. The Bertz CT molecular complexity index is 1090. The predicted molar refractivity (Wildman–Crippen MR) is 112 cm³/mol. The maximum absolute atomic E-state index is 13.6. The van der Waals surface area contributed by atoms with Crippen LogP contribution in [0.1, 0.15) is 56.4 Å². The summed E-state index contributed by atoms with van der Waals surface area (Å²) in [5.74, 6) is 2.46. The van der Waals surface area contributed by atoms with Crippen molar-refractivity contribution >= 4 is 5.52 Å². The normalized spacial score (nSPS) is 14.2. The number of methoxy groups -OCH3 is 1. The fraction of sp³-hybridized carbons (Fsp3) is 0.478. The monoisotopic (exact) mass is 379 g/mol. The highest BCUT2D eigenvalue weighted by Gasteiger charge is 2.27. The van der Waals surface area contributed by atoms with Gasteiger partial charge in [0, 0.05) is 17.8 Å². The minimum Gasteiger partial charge on any atom is -0.497 e. The Morgan fingerprint density at radius 2 is 2.00 bits per heavy atom. The van der Waals surface area contributed by atoms with Gasteiger partial charge in [-0.2, -0.15) is 0 Å². The summed E-state index contributed by atoms with van der Waals surface area (Å²) in [6, 6.07) is 8.15. The molecule has 0 spiro atoms. The number of nitrogens with zero attached hydrogens (tertiary/aromatic N) is 3. The van der Waals surface area contributed by atoms with E-state index in [-0.39, 0.29) is 11.5 Å². The van der Waals surface area contributed by atoms with Crippen LogP contribution in [0.3, 0.4) is 0 Å². The number of rotatable bonds is 6. The molecule has 1 aliphatic rings. The van der Waals surface area contributed by atoms with Crippen LogP contribution in [0.2, 0.25) is 0 Å². The van der Waals surface area contributed by atoms with Crippen LogP contribution < -0.4 is 10.3 Å². The molecule has 2 aromatic heterocycles. The molecule has 2 heterocycles. The van der Waals surface area contributed by atoms with Crippen molar-refractivity contribution in [3.05, 3.63) is 51.4 Å². The van der Waals surface area contributed by atoms with Crippen molar-refractivity contribution in [1.82, 2.24) is 14.2 Å².